The van der Waals surface area contributed by atoms with E-state index >= 15 is 0 Å². The number of hydrogen-bond acceptors (Lipinski definition) is 2. The fourth-order valence-electron chi connectivity index (χ4n) is 1.45. The Morgan fingerprint density at radius 3 is 2.62 bits per heavy atom. The average molecular weight is 235 g/mol. The van der Waals surface area contributed by atoms with Crippen LogP contribution in [0.15, 0.2) is 12.4 Å². The van der Waals surface area contributed by atoms with Gasteiger partial charge in [-0.3, -0.25) is 4.68 Å². The van der Waals surface area contributed by atoms with Crippen molar-refractivity contribution in [3.8, 4) is 0 Å². The summed E-state index contributed by atoms with van der Waals surface area (Å²) in [6.45, 7) is 0. The van der Waals surface area contributed by atoms with Gasteiger partial charge >= 0.3 is 6.18 Å². The Morgan fingerprint density at radius 2 is 2.12 bits per heavy atom. The van der Waals surface area contributed by atoms with Crippen LogP contribution in [0.5, 0.6) is 0 Å². The number of aromatic nitrogens is 2. The van der Waals surface area contributed by atoms with Crippen LogP contribution in [0, 0.1) is 0 Å². The molecule has 0 aromatic carbocycles. The molecule has 0 bridgehead atoms. The topological polar surface area (TPSA) is 43.8 Å². The Labute approximate surface area is 92.4 Å². The molecule has 0 aliphatic heterocycles. The van der Waals surface area contributed by atoms with E-state index in [0.717, 1.165) is 5.56 Å². The van der Waals surface area contributed by atoms with Gasteiger partial charge in [0.1, 0.15) is 0 Å². The highest BCUT2D eigenvalue weighted by Gasteiger charge is 2.27. The number of hydrogen-bond donors (Lipinski definition) is 1. The number of nitrogens with zero attached hydrogens (tertiary/aromatic N) is 2. The first-order valence-electron chi connectivity index (χ1n) is 5.16. The van der Waals surface area contributed by atoms with Crippen molar-refractivity contribution in [2.24, 2.45) is 12.8 Å². The van der Waals surface area contributed by atoms with Crippen molar-refractivity contribution in [2.45, 2.75) is 37.9 Å². The minimum atomic E-state index is -4.11. The van der Waals surface area contributed by atoms with Crippen molar-refractivity contribution in [2.75, 3.05) is 0 Å². The highest BCUT2D eigenvalue weighted by atomic mass is 19.4. The van der Waals surface area contributed by atoms with Crippen molar-refractivity contribution in [3.63, 3.8) is 0 Å². The van der Waals surface area contributed by atoms with E-state index in [1.165, 1.54) is 0 Å². The van der Waals surface area contributed by atoms with Crippen molar-refractivity contribution in [1.29, 1.82) is 0 Å². The largest absolute Gasteiger partial charge is 0.389 e. The molecule has 2 N–H and O–H groups in total. The van der Waals surface area contributed by atoms with Crippen LogP contribution in [0.25, 0.3) is 0 Å². The molecular weight excluding hydrogens is 219 g/mol. The highest BCUT2D eigenvalue weighted by molar-refractivity contribution is 5.03. The van der Waals surface area contributed by atoms with Crippen molar-refractivity contribution in [1.82, 2.24) is 9.78 Å². The van der Waals surface area contributed by atoms with Gasteiger partial charge in [0.2, 0.25) is 0 Å². The molecule has 0 saturated heterocycles. The summed E-state index contributed by atoms with van der Waals surface area (Å²) in [7, 11) is 1.80. The molecular formula is C10H16F3N3. The molecule has 0 radical (unpaired) electrons. The van der Waals surface area contributed by atoms with Gasteiger partial charge in [-0.15, -0.1) is 0 Å². The third kappa shape index (κ3) is 5.16. The SMILES string of the molecule is Cn1cc(CCC(N)CCC(F)(F)F)cn1. The fraction of sp³-hybridized carbons (Fsp3) is 0.700. The van der Waals surface area contributed by atoms with E-state index in [4.69, 9.17) is 5.73 Å². The lowest BCUT2D eigenvalue weighted by Gasteiger charge is -2.12. The molecule has 16 heavy (non-hydrogen) atoms. The number of aryl methyl sites for hydroxylation is 2. The molecule has 0 fully saturated rings. The van der Waals surface area contributed by atoms with Gasteiger partial charge in [-0.05, 0) is 24.8 Å². The lowest BCUT2D eigenvalue weighted by atomic mass is 10.0. The van der Waals surface area contributed by atoms with E-state index in [0.29, 0.717) is 12.8 Å². The Kier molecular flexibility index (Phi) is 4.35. The van der Waals surface area contributed by atoms with E-state index in [2.05, 4.69) is 5.10 Å². The molecule has 1 aromatic rings. The Bertz CT molecular complexity index is 319. The summed E-state index contributed by atoms with van der Waals surface area (Å²) < 4.78 is 37.4. The van der Waals surface area contributed by atoms with Crippen LogP contribution in [0.1, 0.15) is 24.8 Å². The van der Waals surface area contributed by atoms with Gasteiger partial charge in [-0.25, -0.2) is 0 Å². The second kappa shape index (κ2) is 5.34. The molecule has 0 amide bonds. The number of rotatable bonds is 5. The van der Waals surface area contributed by atoms with Crippen LogP contribution in [0.3, 0.4) is 0 Å². The molecule has 1 atom stereocenters. The zero-order valence-corrected chi connectivity index (χ0v) is 9.17. The monoisotopic (exact) mass is 235 g/mol. The standard InChI is InChI=1S/C10H16F3N3/c1-16-7-8(6-15-16)2-3-9(14)4-5-10(11,12)13/h6-7,9H,2-5,14H2,1H3. The van der Waals surface area contributed by atoms with Gasteiger partial charge in [0.05, 0.1) is 6.20 Å². The maximum atomic E-state index is 11.9. The first-order chi connectivity index (χ1) is 7.37. The molecule has 1 unspecified atom stereocenters. The van der Waals surface area contributed by atoms with Crippen LogP contribution >= 0.6 is 0 Å². The molecule has 92 valence electrons. The molecule has 1 heterocycles. The van der Waals surface area contributed by atoms with Crippen LogP contribution < -0.4 is 5.73 Å². The minimum Gasteiger partial charge on any atom is -0.328 e. The molecule has 0 saturated carbocycles. The molecule has 1 rings (SSSR count). The summed E-state index contributed by atoms with van der Waals surface area (Å²) >= 11 is 0. The summed E-state index contributed by atoms with van der Waals surface area (Å²) in [6, 6.07) is -0.401. The van der Waals surface area contributed by atoms with Gasteiger partial charge in [0.15, 0.2) is 0 Å². The molecule has 3 nitrogen and oxygen atoms in total. The molecule has 0 spiro atoms. The summed E-state index contributed by atoms with van der Waals surface area (Å²) in [6.07, 6.45) is -0.140. The summed E-state index contributed by atoms with van der Waals surface area (Å²) in [5.41, 5.74) is 6.61. The van der Waals surface area contributed by atoms with Gasteiger partial charge < -0.3 is 5.73 Å². The van der Waals surface area contributed by atoms with Gasteiger partial charge in [-0.1, -0.05) is 0 Å². The normalized spacial score (nSPS) is 14.1. The maximum absolute atomic E-state index is 11.9. The van der Waals surface area contributed by atoms with Gasteiger partial charge in [0.25, 0.3) is 0 Å². The predicted molar refractivity (Wildman–Crippen MR) is 54.8 cm³/mol. The number of halogens is 3. The zero-order valence-electron chi connectivity index (χ0n) is 9.17. The summed E-state index contributed by atoms with van der Waals surface area (Å²) in [4.78, 5) is 0. The van der Waals surface area contributed by atoms with Crippen molar-refractivity contribution >= 4 is 0 Å². The Morgan fingerprint density at radius 1 is 1.44 bits per heavy atom. The first kappa shape index (κ1) is 13.0. The van der Waals surface area contributed by atoms with Crippen molar-refractivity contribution in [3.05, 3.63) is 18.0 Å². The molecule has 0 aliphatic rings. The highest BCUT2D eigenvalue weighted by Crippen LogP contribution is 2.22. The van der Waals surface area contributed by atoms with Gasteiger partial charge in [0, 0.05) is 25.7 Å². The lowest BCUT2D eigenvalue weighted by molar-refractivity contribution is -0.136. The van der Waals surface area contributed by atoms with Crippen LogP contribution in [-0.2, 0) is 13.5 Å². The van der Waals surface area contributed by atoms with Crippen LogP contribution in [0.2, 0.25) is 0 Å². The molecule has 1 aromatic heterocycles. The van der Waals surface area contributed by atoms with E-state index in [-0.39, 0.29) is 6.42 Å². The van der Waals surface area contributed by atoms with E-state index in [1.54, 1.807) is 17.9 Å². The number of nitrogens with two attached hydrogens (primary N) is 1. The van der Waals surface area contributed by atoms with E-state index in [9.17, 15) is 13.2 Å². The van der Waals surface area contributed by atoms with Crippen molar-refractivity contribution < 1.29 is 13.2 Å². The predicted octanol–water partition coefficient (Wildman–Crippen LogP) is 2.02. The van der Waals surface area contributed by atoms with E-state index < -0.39 is 18.6 Å². The average Bonchev–Trinajstić information content (AvgIpc) is 2.57. The lowest BCUT2D eigenvalue weighted by Crippen LogP contribution is -2.23. The van der Waals surface area contributed by atoms with Gasteiger partial charge in [-0.2, -0.15) is 18.3 Å². The quantitative estimate of drug-likeness (QED) is 0.848. The second-order valence-corrected chi connectivity index (χ2v) is 3.97. The number of alkyl halides is 3. The summed E-state index contributed by atoms with van der Waals surface area (Å²) in [5.74, 6) is 0. The Hall–Kier alpha value is -1.04. The molecule has 0 aliphatic carbocycles. The fourth-order valence-corrected chi connectivity index (χ4v) is 1.45. The summed E-state index contributed by atoms with van der Waals surface area (Å²) in [5, 5.41) is 3.98. The van der Waals surface area contributed by atoms with Crippen LogP contribution in [0.4, 0.5) is 13.2 Å². The third-order valence-corrected chi connectivity index (χ3v) is 2.36. The first-order valence-corrected chi connectivity index (χ1v) is 5.16. The Balaban J connectivity index is 2.22. The molecule has 6 heteroatoms. The third-order valence-electron chi connectivity index (χ3n) is 2.36. The minimum absolute atomic E-state index is 0.0102. The van der Waals surface area contributed by atoms with E-state index in [1.807, 2.05) is 6.20 Å². The van der Waals surface area contributed by atoms with Crippen LogP contribution in [-0.4, -0.2) is 22.0 Å². The smallest absolute Gasteiger partial charge is 0.328 e. The second-order valence-electron chi connectivity index (χ2n) is 3.97. The maximum Gasteiger partial charge on any atom is 0.389 e. The zero-order chi connectivity index (χ0) is 12.2.